The third kappa shape index (κ3) is 6.07. The summed E-state index contributed by atoms with van der Waals surface area (Å²) < 4.78 is 5.28. The molecule has 1 aliphatic rings. The number of aliphatic carboxylic acids is 1. The number of benzene rings is 1. The maximum atomic E-state index is 10.4. The number of oxime groups is 1. The molecular formula is C16H20N2O4. The van der Waals surface area contributed by atoms with Gasteiger partial charge in [0.1, 0.15) is 6.61 Å². The molecule has 2 rings (SSSR count). The third-order valence-electron chi connectivity index (χ3n) is 3.23. The first-order valence-electron chi connectivity index (χ1n) is 7.20. The maximum Gasteiger partial charge on any atom is 0.328 e. The van der Waals surface area contributed by atoms with Crippen LogP contribution in [0.3, 0.4) is 0 Å². The van der Waals surface area contributed by atoms with Crippen LogP contribution in [0.4, 0.5) is 0 Å². The fourth-order valence-electron chi connectivity index (χ4n) is 2.01. The Hall–Kier alpha value is -2.18. The summed E-state index contributed by atoms with van der Waals surface area (Å²) in [5.74, 6) is -0.959. The lowest BCUT2D eigenvalue weighted by molar-refractivity contribution is -0.131. The van der Waals surface area contributed by atoms with E-state index in [1.807, 2.05) is 24.3 Å². The smallest absolute Gasteiger partial charge is 0.328 e. The summed E-state index contributed by atoms with van der Waals surface area (Å²) in [6, 6.07) is 7.37. The maximum absolute atomic E-state index is 10.4. The Kier molecular flexibility index (Phi) is 6.60. The lowest BCUT2D eigenvalue weighted by atomic mass is 10.1. The van der Waals surface area contributed by atoms with Crippen LogP contribution in [0.5, 0.6) is 0 Å². The number of morpholine rings is 1. The second-order valence-electron chi connectivity index (χ2n) is 4.86. The molecule has 6 nitrogen and oxygen atoms in total. The minimum absolute atomic E-state index is 0.552. The fourth-order valence-corrected chi connectivity index (χ4v) is 2.01. The van der Waals surface area contributed by atoms with Crippen molar-refractivity contribution >= 4 is 18.3 Å². The van der Waals surface area contributed by atoms with E-state index in [0.29, 0.717) is 6.61 Å². The van der Waals surface area contributed by atoms with E-state index in [1.54, 1.807) is 12.3 Å². The van der Waals surface area contributed by atoms with E-state index in [9.17, 15) is 4.79 Å². The number of carbonyl (C=O) groups is 1. The summed E-state index contributed by atoms with van der Waals surface area (Å²) in [6.45, 7) is 4.85. The normalized spacial score (nSPS) is 16.4. The van der Waals surface area contributed by atoms with Gasteiger partial charge in [0.2, 0.25) is 0 Å². The Balaban J connectivity index is 1.70. The Morgan fingerprint density at radius 1 is 1.27 bits per heavy atom. The Labute approximate surface area is 129 Å². The van der Waals surface area contributed by atoms with Gasteiger partial charge in [0, 0.05) is 25.7 Å². The molecule has 0 spiro atoms. The van der Waals surface area contributed by atoms with Gasteiger partial charge in [-0.15, -0.1) is 0 Å². The Morgan fingerprint density at radius 2 is 1.95 bits per heavy atom. The number of ether oxygens (including phenoxy) is 1. The van der Waals surface area contributed by atoms with Gasteiger partial charge in [-0.2, -0.15) is 0 Å². The van der Waals surface area contributed by atoms with Crippen LogP contribution < -0.4 is 0 Å². The molecule has 0 unspecified atom stereocenters. The van der Waals surface area contributed by atoms with Crippen LogP contribution >= 0.6 is 0 Å². The lowest BCUT2D eigenvalue weighted by Gasteiger charge is -2.25. The predicted octanol–water partition coefficient (Wildman–Crippen LogP) is 1.47. The average Bonchev–Trinajstić information content (AvgIpc) is 2.54. The van der Waals surface area contributed by atoms with E-state index in [2.05, 4.69) is 10.1 Å². The van der Waals surface area contributed by atoms with Gasteiger partial charge in [-0.25, -0.2) is 4.79 Å². The number of rotatable bonds is 7. The summed E-state index contributed by atoms with van der Waals surface area (Å²) >= 11 is 0. The van der Waals surface area contributed by atoms with Crippen LogP contribution in [0.25, 0.3) is 6.08 Å². The van der Waals surface area contributed by atoms with Crippen molar-refractivity contribution in [1.29, 1.82) is 0 Å². The van der Waals surface area contributed by atoms with Crippen molar-refractivity contribution in [2.75, 3.05) is 39.5 Å². The molecule has 0 atom stereocenters. The highest BCUT2D eigenvalue weighted by molar-refractivity contribution is 5.85. The zero-order valence-electron chi connectivity index (χ0n) is 12.4. The van der Waals surface area contributed by atoms with Gasteiger partial charge in [0.05, 0.1) is 19.4 Å². The van der Waals surface area contributed by atoms with Gasteiger partial charge in [-0.3, -0.25) is 4.90 Å². The number of hydrogen-bond donors (Lipinski definition) is 1. The first kappa shape index (κ1) is 16.2. The van der Waals surface area contributed by atoms with E-state index in [0.717, 1.165) is 50.1 Å². The van der Waals surface area contributed by atoms with Gasteiger partial charge in [-0.1, -0.05) is 29.4 Å². The third-order valence-corrected chi connectivity index (χ3v) is 3.23. The standard InChI is InChI=1S/C16H20N2O4/c19-16(20)6-5-14-1-3-15(4-2-14)13-17-22-12-9-18-7-10-21-11-8-18/h1-6,13H,7-12H2,(H,19,20). The molecular weight excluding hydrogens is 284 g/mol. The molecule has 0 saturated carbocycles. The molecule has 1 aromatic carbocycles. The Bertz CT molecular complexity index is 519. The Morgan fingerprint density at radius 3 is 2.64 bits per heavy atom. The van der Waals surface area contributed by atoms with Crippen LogP contribution in [-0.2, 0) is 14.4 Å². The lowest BCUT2D eigenvalue weighted by Crippen LogP contribution is -2.38. The summed E-state index contributed by atoms with van der Waals surface area (Å²) in [4.78, 5) is 17.9. The molecule has 118 valence electrons. The van der Waals surface area contributed by atoms with Gasteiger partial charge < -0.3 is 14.7 Å². The molecule has 1 fully saturated rings. The van der Waals surface area contributed by atoms with Crippen LogP contribution in [0.15, 0.2) is 35.5 Å². The van der Waals surface area contributed by atoms with Gasteiger partial charge in [0.15, 0.2) is 0 Å². The van der Waals surface area contributed by atoms with Crippen LogP contribution in [-0.4, -0.2) is 61.6 Å². The first-order chi connectivity index (χ1) is 10.7. The van der Waals surface area contributed by atoms with Gasteiger partial charge in [-0.05, 0) is 17.2 Å². The van der Waals surface area contributed by atoms with Crippen molar-refractivity contribution < 1.29 is 19.5 Å². The second kappa shape index (κ2) is 8.96. The molecule has 0 aromatic heterocycles. The second-order valence-corrected chi connectivity index (χ2v) is 4.86. The fraction of sp³-hybridized carbons (Fsp3) is 0.375. The highest BCUT2D eigenvalue weighted by atomic mass is 16.6. The number of carboxylic acids is 1. The van der Waals surface area contributed by atoms with Crippen molar-refractivity contribution in [3.05, 3.63) is 41.5 Å². The highest BCUT2D eigenvalue weighted by Crippen LogP contribution is 2.05. The summed E-state index contributed by atoms with van der Waals surface area (Å²) in [5, 5.41) is 12.5. The van der Waals surface area contributed by atoms with Crippen molar-refractivity contribution in [2.45, 2.75) is 0 Å². The van der Waals surface area contributed by atoms with E-state index < -0.39 is 5.97 Å². The predicted molar refractivity (Wildman–Crippen MR) is 83.9 cm³/mol. The topological polar surface area (TPSA) is 71.4 Å². The summed E-state index contributed by atoms with van der Waals surface area (Å²) in [7, 11) is 0. The molecule has 1 saturated heterocycles. The molecule has 1 N–H and O–H groups in total. The SMILES string of the molecule is O=C(O)C=Cc1ccc(C=NOCCN2CCOCC2)cc1. The summed E-state index contributed by atoms with van der Waals surface area (Å²) in [5.41, 5.74) is 1.73. The van der Waals surface area contributed by atoms with E-state index in [-0.39, 0.29) is 0 Å². The molecule has 0 bridgehead atoms. The molecule has 1 aromatic rings. The zero-order valence-corrected chi connectivity index (χ0v) is 12.4. The molecule has 0 aliphatic carbocycles. The van der Waals surface area contributed by atoms with Crippen LogP contribution in [0.1, 0.15) is 11.1 Å². The molecule has 1 heterocycles. The molecule has 0 radical (unpaired) electrons. The largest absolute Gasteiger partial charge is 0.478 e. The van der Waals surface area contributed by atoms with E-state index in [4.69, 9.17) is 14.7 Å². The average molecular weight is 304 g/mol. The monoisotopic (exact) mass is 304 g/mol. The van der Waals surface area contributed by atoms with Gasteiger partial charge >= 0.3 is 5.97 Å². The van der Waals surface area contributed by atoms with Crippen molar-refractivity contribution in [3.63, 3.8) is 0 Å². The molecule has 6 heteroatoms. The molecule has 1 aliphatic heterocycles. The minimum Gasteiger partial charge on any atom is -0.478 e. The van der Waals surface area contributed by atoms with Crippen molar-refractivity contribution in [2.24, 2.45) is 5.16 Å². The van der Waals surface area contributed by atoms with Crippen molar-refractivity contribution in [1.82, 2.24) is 4.90 Å². The van der Waals surface area contributed by atoms with Crippen LogP contribution in [0, 0.1) is 0 Å². The number of nitrogens with zero attached hydrogens (tertiary/aromatic N) is 2. The summed E-state index contributed by atoms with van der Waals surface area (Å²) in [6.07, 6.45) is 4.30. The minimum atomic E-state index is -0.959. The van der Waals surface area contributed by atoms with E-state index >= 15 is 0 Å². The number of hydrogen-bond acceptors (Lipinski definition) is 5. The highest BCUT2D eigenvalue weighted by Gasteiger charge is 2.09. The first-order valence-corrected chi connectivity index (χ1v) is 7.20. The van der Waals surface area contributed by atoms with Gasteiger partial charge in [0.25, 0.3) is 0 Å². The van der Waals surface area contributed by atoms with Crippen LogP contribution in [0.2, 0.25) is 0 Å². The quantitative estimate of drug-likeness (QED) is 0.357. The van der Waals surface area contributed by atoms with E-state index in [1.165, 1.54) is 0 Å². The molecule has 0 amide bonds. The molecule has 22 heavy (non-hydrogen) atoms. The van der Waals surface area contributed by atoms with Crippen molar-refractivity contribution in [3.8, 4) is 0 Å². The zero-order chi connectivity index (χ0) is 15.6. The number of carboxylic acid groups (broad SMARTS) is 1.